The molecule has 1 aliphatic rings. The van der Waals surface area contributed by atoms with E-state index < -0.39 is 6.04 Å². The van der Waals surface area contributed by atoms with Crippen molar-refractivity contribution < 1.29 is 9.21 Å². The fourth-order valence-corrected chi connectivity index (χ4v) is 3.67. The van der Waals surface area contributed by atoms with Crippen LogP contribution in [0.15, 0.2) is 56.1 Å². The van der Waals surface area contributed by atoms with E-state index in [1.807, 2.05) is 24.3 Å². The highest BCUT2D eigenvalue weighted by Crippen LogP contribution is 2.32. The number of hydrogen-bond donors (Lipinski definition) is 1. The van der Waals surface area contributed by atoms with Crippen LogP contribution in [0.25, 0.3) is 11.0 Å². The SMILES string of the molecule is CC(C)(C)c1ccc(C2NC(=O)c3oc4ccc(Br)cc4c(=O)c32)cc1. The van der Waals surface area contributed by atoms with Gasteiger partial charge in [0.15, 0.2) is 5.43 Å². The molecule has 132 valence electrons. The lowest BCUT2D eigenvalue weighted by molar-refractivity contribution is 0.0938. The lowest BCUT2D eigenvalue weighted by atomic mass is 9.86. The molecule has 2 heterocycles. The van der Waals surface area contributed by atoms with E-state index in [9.17, 15) is 9.59 Å². The van der Waals surface area contributed by atoms with Gasteiger partial charge in [0.1, 0.15) is 5.58 Å². The van der Waals surface area contributed by atoms with Gasteiger partial charge < -0.3 is 9.73 Å². The van der Waals surface area contributed by atoms with Crippen LogP contribution < -0.4 is 10.7 Å². The van der Waals surface area contributed by atoms with Crippen LogP contribution in [0.2, 0.25) is 0 Å². The van der Waals surface area contributed by atoms with Crippen LogP contribution in [0, 0.1) is 0 Å². The largest absolute Gasteiger partial charge is 0.450 e. The van der Waals surface area contributed by atoms with Crippen molar-refractivity contribution in [3.63, 3.8) is 0 Å². The highest BCUT2D eigenvalue weighted by atomic mass is 79.9. The summed E-state index contributed by atoms with van der Waals surface area (Å²) in [6.45, 7) is 6.44. The Morgan fingerprint density at radius 3 is 2.38 bits per heavy atom. The second kappa shape index (κ2) is 5.81. The van der Waals surface area contributed by atoms with Gasteiger partial charge in [0.05, 0.1) is 17.0 Å². The van der Waals surface area contributed by atoms with Gasteiger partial charge in [0.25, 0.3) is 5.91 Å². The van der Waals surface area contributed by atoms with E-state index >= 15 is 0 Å². The Bertz CT molecular complexity index is 1090. The molecule has 1 aromatic heterocycles. The molecule has 1 amide bonds. The maximum absolute atomic E-state index is 13.1. The van der Waals surface area contributed by atoms with E-state index in [1.165, 1.54) is 5.56 Å². The summed E-state index contributed by atoms with van der Waals surface area (Å²) >= 11 is 3.38. The number of fused-ring (bicyclic) bond motifs is 2. The standard InChI is InChI=1S/C21H18BrNO3/c1-21(2,3)12-6-4-11(5-7-12)17-16-18(24)14-10-13(22)8-9-15(14)26-19(16)20(25)23-17/h4-10,17H,1-3H3,(H,23,25). The zero-order valence-electron chi connectivity index (χ0n) is 14.7. The van der Waals surface area contributed by atoms with Crippen LogP contribution >= 0.6 is 15.9 Å². The first-order chi connectivity index (χ1) is 12.3. The zero-order valence-corrected chi connectivity index (χ0v) is 16.3. The Hall–Kier alpha value is -2.40. The van der Waals surface area contributed by atoms with Crippen molar-refractivity contribution in [2.45, 2.75) is 32.2 Å². The number of benzene rings is 2. The first-order valence-corrected chi connectivity index (χ1v) is 9.22. The number of carbonyl (C=O) groups excluding carboxylic acids is 1. The molecule has 0 bridgehead atoms. The molecule has 3 aromatic rings. The van der Waals surface area contributed by atoms with Gasteiger partial charge in [-0.15, -0.1) is 0 Å². The minimum absolute atomic E-state index is 0.0386. The van der Waals surface area contributed by atoms with Crippen LogP contribution in [0.1, 0.15) is 54.1 Å². The Labute approximate surface area is 159 Å². The zero-order chi connectivity index (χ0) is 18.6. The third-order valence-corrected chi connectivity index (χ3v) is 5.26. The maximum Gasteiger partial charge on any atom is 0.288 e. The average molecular weight is 412 g/mol. The predicted octanol–water partition coefficient (Wildman–Crippen LogP) is 4.69. The van der Waals surface area contributed by atoms with Crippen LogP contribution in [-0.2, 0) is 5.41 Å². The Balaban J connectivity index is 1.88. The van der Waals surface area contributed by atoms with E-state index in [0.29, 0.717) is 16.5 Å². The molecule has 26 heavy (non-hydrogen) atoms. The molecular formula is C21H18BrNO3. The molecule has 0 spiro atoms. The molecule has 1 aliphatic heterocycles. The van der Waals surface area contributed by atoms with Gasteiger partial charge in [-0.1, -0.05) is 61.0 Å². The van der Waals surface area contributed by atoms with Crippen molar-refractivity contribution in [2.75, 3.05) is 0 Å². The summed E-state index contributed by atoms with van der Waals surface area (Å²) in [5, 5.41) is 3.34. The number of nitrogens with one attached hydrogen (secondary N) is 1. The molecule has 0 fully saturated rings. The monoisotopic (exact) mass is 411 g/mol. The van der Waals surface area contributed by atoms with Gasteiger partial charge in [-0.3, -0.25) is 9.59 Å². The quantitative estimate of drug-likeness (QED) is 0.631. The number of rotatable bonds is 1. The van der Waals surface area contributed by atoms with E-state index in [2.05, 4.69) is 42.0 Å². The van der Waals surface area contributed by atoms with Gasteiger partial charge in [-0.2, -0.15) is 0 Å². The Morgan fingerprint density at radius 2 is 1.73 bits per heavy atom. The summed E-state index contributed by atoms with van der Waals surface area (Å²) in [7, 11) is 0. The Morgan fingerprint density at radius 1 is 1.04 bits per heavy atom. The molecule has 4 rings (SSSR count). The fraction of sp³-hybridized carbons (Fsp3) is 0.238. The molecule has 0 saturated carbocycles. The van der Waals surface area contributed by atoms with E-state index in [-0.39, 0.29) is 22.5 Å². The van der Waals surface area contributed by atoms with Crippen molar-refractivity contribution in [3.05, 3.63) is 79.6 Å². The third kappa shape index (κ3) is 2.67. The van der Waals surface area contributed by atoms with Crippen molar-refractivity contribution in [3.8, 4) is 0 Å². The first-order valence-electron chi connectivity index (χ1n) is 8.43. The summed E-state index contributed by atoms with van der Waals surface area (Å²) in [5.41, 5.74) is 2.72. The fourth-order valence-electron chi connectivity index (χ4n) is 3.31. The molecular weight excluding hydrogens is 394 g/mol. The minimum Gasteiger partial charge on any atom is -0.450 e. The predicted molar refractivity (Wildman–Crippen MR) is 105 cm³/mol. The third-order valence-electron chi connectivity index (χ3n) is 4.77. The summed E-state index contributed by atoms with van der Waals surface area (Å²) in [4.78, 5) is 25.4. The van der Waals surface area contributed by atoms with Gasteiger partial charge in [-0.25, -0.2) is 0 Å². The average Bonchev–Trinajstić information content (AvgIpc) is 2.92. The second-order valence-corrected chi connectivity index (χ2v) is 8.51. The van der Waals surface area contributed by atoms with Crippen molar-refractivity contribution in [1.29, 1.82) is 0 Å². The van der Waals surface area contributed by atoms with Crippen LogP contribution in [0.4, 0.5) is 0 Å². The second-order valence-electron chi connectivity index (χ2n) is 7.59. The van der Waals surface area contributed by atoms with Crippen LogP contribution in [0.3, 0.4) is 0 Å². The summed E-state index contributed by atoms with van der Waals surface area (Å²) in [6.07, 6.45) is 0. The highest BCUT2D eigenvalue weighted by molar-refractivity contribution is 9.10. The van der Waals surface area contributed by atoms with Crippen molar-refractivity contribution in [1.82, 2.24) is 5.32 Å². The Kier molecular flexibility index (Phi) is 3.81. The molecule has 4 nitrogen and oxygen atoms in total. The minimum atomic E-state index is -0.494. The molecule has 2 aromatic carbocycles. The topological polar surface area (TPSA) is 59.3 Å². The molecule has 1 atom stereocenters. The highest BCUT2D eigenvalue weighted by Gasteiger charge is 2.36. The first kappa shape index (κ1) is 17.0. The van der Waals surface area contributed by atoms with Crippen molar-refractivity contribution in [2.24, 2.45) is 0 Å². The van der Waals surface area contributed by atoms with Gasteiger partial charge in [-0.05, 0) is 34.7 Å². The van der Waals surface area contributed by atoms with Gasteiger partial charge in [0, 0.05) is 4.47 Å². The number of hydrogen-bond acceptors (Lipinski definition) is 3. The van der Waals surface area contributed by atoms with Gasteiger partial charge >= 0.3 is 0 Å². The number of halogens is 1. The lowest BCUT2D eigenvalue weighted by Crippen LogP contribution is -2.22. The van der Waals surface area contributed by atoms with Gasteiger partial charge in [0.2, 0.25) is 5.76 Å². The molecule has 0 saturated heterocycles. The number of amides is 1. The molecule has 1 N–H and O–H groups in total. The summed E-state index contributed by atoms with van der Waals surface area (Å²) < 4.78 is 6.54. The molecule has 1 unspecified atom stereocenters. The van der Waals surface area contributed by atoms with E-state index in [1.54, 1.807) is 18.2 Å². The van der Waals surface area contributed by atoms with E-state index in [4.69, 9.17) is 4.42 Å². The summed E-state index contributed by atoms with van der Waals surface area (Å²) in [5.74, 6) is -0.249. The number of carbonyl (C=O) groups is 1. The smallest absolute Gasteiger partial charge is 0.288 e. The maximum atomic E-state index is 13.1. The summed E-state index contributed by atoms with van der Waals surface area (Å²) in [6, 6.07) is 12.7. The molecule has 5 heteroatoms. The normalized spacial score (nSPS) is 16.6. The lowest BCUT2D eigenvalue weighted by Gasteiger charge is -2.20. The van der Waals surface area contributed by atoms with E-state index in [0.717, 1.165) is 10.0 Å². The molecule has 0 radical (unpaired) electrons. The van der Waals surface area contributed by atoms with Crippen LogP contribution in [-0.4, -0.2) is 5.91 Å². The van der Waals surface area contributed by atoms with Crippen LogP contribution in [0.5, 0.6) is 0 Å². The molecule has 0 aliphatic carbocycles. The van der Waals surface area contributed by atoms with Crippen molar-refractivity contribution >= 4 is 32.8 Å².